The van der Waals surface area contributed by atoms with E-state index in [2.05, 4.69) is 17.6 Å². The monoisotopic (exact) mass is 246 g/mol. The van der Waals surface area contributed by atoms with E-state index in [1.807, 2.05) is 30.3 Å². The van der Waals surface area contributed by atoms with Crippen LogP contribution in [0.1, 0.15) is 26.2 Å². The van der Waals surface area contributed by atoms with Crippen LogP contribution >= 0.6 is 0 Å². The summed E-state index contributed by atoms with van der Waals surface area (Å²) in [5.41, 5.74) is 0.886. The molecular formula is C15H22N2O. The second-order valence-corrected chi connectivity index (χ2v) is 5.20. The molecule has 1 aromatic rings. The van der Waals surface area contributed by atoms with Gasteiger partial charge in [-0.2, -0.15) is 0 Å². The fraction of sp³-hybridized carbons (Fsp3) is 0.533. The number of hydrogen-bond acceptors (Lipinski definition) is 2. The van der Waals surface area contributed by atoms with Gasteiger partial charge >= 0.3 is 0 Å². The Morgan fingerprint density at radius 3 is 2.89 bits per heavy atom. The Hall–Kier alpha value is -1.35. The normalized spacial score (nSPS) is 21.3. The lowest BCUT2D eigenvalue weighted by Gasteiger charge is -2.28. The van der Waals surface area contributed by atoms with Gasteiger partial charge < -0.3 is 10.6 Å². The Bertz CT molecular complexity index is 371. The molecule has 1 aliphatic heterocycles. The van der Waals surface area contributed by atoms with Gasteiger partial charge in [-0.25, -0.2) is 0 Å². The van der Waals surface area contributed by atoms with Crippen molar-refractivity contribution in [3.05, 3.63) is 30.3 Å². The molecule has 1 saturated heterocycles. The molecule has 0 aromatic heterocycles. The van der Waals surface area contributed by atoms with Gasteiger partial charge in [0.1, 0.15) is 0 Å². The largest absolute Gasteiger partial charge is 0.326 e. The molecule has 1 amide bonds. The first-order valence-electron chi connectivity index (χ1n) is 6.81. The number of amides is 1. The third kappa shape index (κ3) is 3.84. The maximum Gasteiger partial charge on any atom is 0.224 e. The number of hydrogen-bond donors (Lipinski definition) is 2. The van der Waals surface area contributed by atoms with E-state index >= 15 is 0 Å². The van der Waals surface area contributed by atoms with Gasteiger partial charge in [0.2, 0.25) is 5.91 Å². The van der Waals surface area contributed by atoms with Crippen LogP contribution in [0, 0.1) is 11.8 Å². The summed E-state index contributed by atoms with van der Waals surface area (Å²) in [5, 5.41) is 6.36. The molecular weight excluding hydrogens is 224 g/mol. The van der Waals surface area contributed by atoms with E-state index in [9.17, 15) is 4.79 Å². The summed E-state index contributed by atoms with van der Waals surface area (Å²) in [6.07, 6.45) is 3.09. The van der Waals surface area contributed by atoms with Crippen molar-refractivity contribution in [3.63, 3.8) is 0 Å². The van der Waals surface area contributed by atoms with Crippen LogP contribution in [0.4, 0.5) is 5.69 Å². The summed E-state index contributed by atoms with van der Waals surface area (Å²) in [7, 11) is 0. The predicted molar refractivity (Wildman–Crippen MR) is 74.4 cm³/mol. The van der Waals surface area contributed by atoms with Crippen molar-refractivity contribution >= 4 is 11.6 Å². The highest BCUT2D eigenvalue weighted by Crippen LogP contribution is 2.22. The zero-order chi connectivity index (χ0) is 12.8. The van der Waals surface area contributed by atoms with Crippen LogP contribution in [0.15, 0.2) is 30.3 Å². The van der Waals surface area contributed by atoms with Crippen molar-refractivity contribution in [1.82, 2.24) is 5.32 Å². The maximum absolute atomic E-state index is 11.9. The molecule has 0 saturated carbocycles. The van der Waals surface area contributed by atoms with E-state index in [0.717, 1.165) is 18.8 Å². The van der Waals surface area contributed by atoms with E-state index < -0.39 is 0 Å². The highest BCUT2D eigenvalue weighted by atomic mass is 16.1. The molecule has 2 atom stereocenters. The van der Waals surface area contributed by atoms with Gasteiger partial charge in [0, 0.05) is 12.1 Å². The van der Waals surface area contributed by atoms with E-state index in [0.29, 0.717) is 18.3 Å². The van der Waals surface area contributed by atoms with Gasteiger partial charge in [-0.15, -0.1) is 0 Å². The SMILES string of the molecule is C[C@@H](CC(=O)Nc1ccccc1)[C@@H]1CCCNC1. The molecule has 0 spiro atoms. The maximum atomic E-state index is 11.9. The lowest BCUT2D eigenvalue weighted by atomic mass is 9.85. The summed E-state index contributed by atoms with van der Waals surface area (Å²) in [5.74, 6) is 1.21. The molecule has 0 aliphatic carbocycles. The van der Waals surface area contributed by atoms with Crippen LogP contribution in [-0.4, -0.2) is 19.0 Å². The minimum absolute atomic E-state index is 0.124. The highest BCUT2D eigenvalue weighted by molar-refractivity contribution is 5.90. The first-order valence-corrected chi connectivity index (χ1v) is 6.81. The van der Waals surface area contributed by atoms with Crippen molar-refractivity contribution in [2.45, 2.75) is 26.2 Å². The van der Waals surface area contributed by atoms with Crippen LogP contribution in [0.5, 0.6) is 0 Å². The molecule has 1 aromatic carbocycles. The van der Waals surface area contributed by atoms with Crippen molar-refractivity contribution in [1.29, 1.82) is 0 Å². The molecule has 18 heavy (non-hydrogen) atoms. The van der Waals surface area contributed by atoms with Crippen molar-refractivity contribution in [2.24, 2.45) is 11.8 Å². The summed E-state index contributed by atoms with van der Waals surface area (Å²) in [6, 6.07) is 9.66. The average Bonchev–Trinajstić information content (AvgIpc) is 2.40. The zero-order valence-corrected chi connectivity index (χ0v) is 11.0. The standard InChI is InChI=1S/C15H22N2O/c1-12(13-6-5-9-16-11-13)10-15(18)17-14-7-3-2-4-8-14/h2-4,7-8,12-13,16H,5-6,9-11H2,1H3,(H,17,18)/t12-,13+/m0/s1. The predicted octanol–water partition coefficient (Wildman–Crippen LogP) is 2.65. The Morgan fingerprint density at radius 2 is 2.22 bits per heavy atom. The lowest BCUT2D eigenvalue weighted by Crippen LogP contribution is -2.34. The number of anilines is 1. The molecule has 3 nitrogen and oxygen atoms in total. The Balaban J connectivity index is 1.79. The number of rotatable bonds is 4. The number of benzene rings is 1. The fourth-order valence-corrected chi connectivity index (χ4v) is 2.56. The average molecular weight is 246 g/mol. The Morgan fingerprint density at radius 1 is 1.44 bits per heavy atom. The number of carbonyl (C=O) groups is 1. The first kappa shape index (κ1) is 13.1. The highest BCUT2D eigenvalue weighted by Gasteiger charge is 2.21. The van der Waals surface area contributed by atoms with Crippen molar-refractivity contribution < 1.29 is 4.79 Å². The number of nitrogens with one attached hydrogen (secondary N) is 2. The summed E-state index contributed by atoms with van der Waals surface area (Å²) < 4.78 is 0. The minimum Gasteiger partial charge on any atom is -0.326 e. The van der Waals surface area contributed by atoms with Crippen molar-refractivity contribution in [2.75, 3.05) is 18.4 Å². The topological polar surface area (TPSA) is 41.1 Å². The molecule has 0 radical (unpaired) electrons. The van der Waals surface area contributed by atoms with E-state index in [1.54, 1.807) is 0 Å². The molecule has 0 unspecified atom stereocenters. The van der Waals surface area contributed by atoms with E-state index in [4.69, 9.17) is 0 Å². The molecule has 2 rings (SSSR count). The third-order valence-electron chi connectivity index (χ3n) is 3.70. The molecule has 2 N–H and O–H groups in total. The van der Waals surface area contributed by atoms with Gasteiger partial charge in [-0.05, 0) is 49.9 Å². The first-order chi connectivity index (χ1) is 8.75. The summed E-state index contributed by atoms with van der Waals surface area (Å²) in [6.45, 7) is 4.36. The van der Waals surface area contributed by atoms with E-state index in [1.165, 1.54) is 12.8 Å². The lowest BCUT2D eigenvalue weighted by molar-refractivity contribution is -0.117. The third-order valence-corrected chi connectivity index (χ3v) is 3.70. The number of carbonyl (C=O) groups excluding carboxylic acids is 1. The molecule has 0 bridgehead atoms. The van der Waals surface area contributed by atoms with Crippen LogP contribution in [-0.2, 0) is 4.79 Å². The molecule has 3 heteroatoms. The van der Waals surface area contributed by atoms with Crippen LogP contribution in [0.2, 0.25) is 0 Å². The number of piperidine rings is 1. The molecule has 1 fully saturated rings. The minimum atomic E-state index is 0.124. The molecule has 1 heterocycles. The Kier molecular flexibility index (Phi) is 4.76. The molecule has 1 aliphatic rings. The van der Waals surface area contributed by atoms with Gasteiger partial charge in [-0.3, -0.25) is 4.79 Å². The van der Waals surface area contributed by atoms with Gasteiger partial charge in [-0.1, -0.05) is 25.1 Å². The second kappa shape index (κ2) is 6.55. The quantitative estimate of drug-likeness (QED) is 0.857. The van der Waals surface area contributed by atoms with Gasteiger partial charge in [0.15, 0.2) is 0 Å². The van der Waals surface area contributed by atoms with Crippen molar-refractivity contribution in [3.8, 4) is 0 Å². The second-order valence-electron chi connectivity index (χ2n) is 5.20. The van der Waals surface area contributed by atoms with Crippen LogP contribution < -0.4 is 10.6 Å². The summed E-state index contributed by atoms with van der Waals surface area (Å²) >= 11 is 0. The van der Waals surface area contributed by atoms with Crippen LogP contribution in [0.25, 0.3) is 0 Å². The zero-order valence-electron chi connectivity index (χ0n) is 11.0. The van der Waals surface area contributed by atoms with Gasteiger partial charge in [0.05, 0.1) is 0 Å². The number of para-hydroxylation sites is 1. The fourth-order valence-electron chi connectivity index (χ4n) is 2.56. The molecule has 98 valence electrons. The van der Waals surface area contributed by atoms with Crippen LogP contribution in [0.3, 0.4) is 0 Å². The smallest absolute Gasteiger partial charge is 0.224 e. The van der Waals surface area contributed by atoms with Gasteiger partial charge in [0.25, 0.3) is 0 Å². The van der Waals surface area contributed by atoms with E-state index in [-0.39, 0.29) is 5.91 Å². The Labute approximate surface area is 109 Å². The summed E-state index contributed by atoms with van der Waals surface area (Å²) in [4.78, 5) is 11.9.